The summed E-state index contributed by atoms with van der Waals surface area (Å²) < 4.78 is 5.18. The molecule has 148 valence electrons. The highest BCUT2D eigenvalue weighted by atomic mass is 16.5. The zero-order valence-corrected chi connectivity index (χ0v) is 16.4. The molecule has 0 aliphatic carbocycles. The van der Waals surface area contributed by atoms with Crippen LogP contribution in [0.15, 0.2) is 91.3 Å². The van der Waals surface area contributed by atoms with Gasteiger partial charge in [0.2, 0.25) is 0 Å². The third-order valence-electron chi connectivity index (χ3n) is 4.48. The van der Waals surface area contributed by atoms with Crippen molar-refractivity contribution in [3.8, 4) is 17.0 Å². The molecule has 0 saturated carbocycles. The van der Waals surface area contributed by atoms with Crippen LogP contribution < -0.4 is 15.4 Å². The lowest BCUT2D eigenvalue weighted by atomic mass is 10.1. The molecule has 0 radical (unpaired) electrons. The van der Waals surface area contributed by atoms with E-state index >= 15 is 0 Å². The maximum Gasteiger partial charge on any atom is 0.255 e. The molecule has 4 rings (SSSR count). The monoisotopic (exact) mass is 396 g/mol. The van der Waals surface area contributed by atoms with Crippen molar-refractivity contribution < 1.29 is 9.53 Å². The highest BCUT2D eigenvalue weighted by Crippen LogP contribution is 2.22. The molecule has 1 heterocycles. The second kappa shape index (κ2) is 8.87. The average molecular weight is 396 g/mol. The molecule has 0 aliphatic heterocycles. The third kappa shape index (κ3) is 4.62. The standard InChI is InChI=1S/C24H20N4O2/c1-30-21-9-5-8-20(14-21)28-24(29)18-10-12-19(13-11-18)27-23-15-22(25-16-26-23)17-6-3-2-4-7-17/h2-16H,1H3,(H,28,29)(H,25,26,27). The van der Waals surface area contributed by atoms with E-state index in [2.05, 4.69) is 20.6 Å². The molecular formula is C24H20N4O2. The van der Waals surface area contributed by atoms with E-state index in [9.17, 15) is 4.79 Å². The van der Waals surface area contributed by atoms with Gasteiger partial charge in [-0.15, -0.1) is 0 Å². The Kier molecular flexibility index (Phi) is 5.66. The SMILES string of the molecule is COc1cccc(NC(=O)c2ccc(Nc3cc(-c4ccccc4)ncn3)cc2)c1. The lowest BCUT2D eigenvalue weighted by Crippen LogP contribution is -2.11. The first-order valence-electron chi connectivity index (χ1n) is 9.41. The van der Waals surface area contributed by atoms with Gasteiger partial charge in [0.15, 0.2) is 0 Å². The van der Waals surface area contributed by atoms with Crippen molar-refractivity contribution >= 4 is 23.1 Å². The number of nitrogens with one attached hydrogen (secondary N) is 2. The Bertz CT molecular complexity index is 1150. The van der Waals surface area contributed by atoms with Gasteiger partial charge in [-0.3, -0.25) is 4.79 Å². The molecule has 0 atom stereocenters. The predicted molar refractivity (Wildman–Crippen MR) is 118 cm³/mol. The van der Waals surface area contributed by atoms with Gasteiger partial charge in [0, 0.05) is 34.6 Å². The van der Waals surface area contributed by atoms with Crippen LogP contribution in [0.1, 0.15) is 10.4 Å². The molecule has 0 aliphatic rings. The number of hydrogen-bond acceptors (Lipinski definition) is 5. The first kappa shape index (κ1) is 19.1. The van der Waals surface area contributed by atoms with Crippen LogP contribution in [0.5, 0.6) is 5.75 Å². The summed E-state index contributed by atoms with van der Waals surface area (Å²) in [4.78, 5) is 21.1. The summed E-state index contributed by atoms with van der Waals surface area (Å²) in [6, 6.07) is 26.2. The summed E-state index contributed by atoms with van der Waals surface area (Å²) >= 11 is 0. The van der Waals surface area contributed by atoms with Crippen LogP contribution in [-0.4, -0.2) is 23.0 Å². The van der Waals surface area contributed by atoms with Gasteiger partial charge in [-0.2, -0.15) is 0 Å². The van der Waals surface area contributed by atoms with Crippen molar-refractivity contribution in [2.24, 2.45) is 0 Å². The minimum atomic E-state index is -0.191. The molecule has 6 nitrogen and oxygen atoms in total. The second-order valence-electron chi connectivity index (χ2n) is 6.54. The van der Waals surface area contributed by atoms with Crippen LogP contribution in [0.4, 0.5) is 17.2 Å². The second-order valence-corrected chi connectivity index (χ2v) is 6.54. The number of ether oxygens (including phenoxy) is 1. The fourth-order valence-corrected chi connectivity index (χ4v) is 2.95. The molecule has 2 N–H and O–H groups in total. The summed E-state index contributed by atoms with van der Waals surface area (Å²) in [7, 11) is 1.59. The maximum absolute atomic E-state index is 12.5. The molecule has 0 spiro atoms. The first-order chi connectivity index (χ1) is 14.7. The van der Waals surface area contributed by atoms with Crippen molar-refractivity contribution in [1.29, 1.82) is 0 Å². The van der Waals surface area contributed by atoms with Crippen LogP contribution in [-0.2, 0) is 0 Å². The predicted octanol–water partition coefficient (Wildman–Crippen LogP) is 5.15. The normalized spacial score (nSPS) is 10.3. The molecule has 1 amide bonds. The molecule has 0 unspecified atom stereocenters. The third-order valence-corrected chi connectivity index (χ3v) is 4.48. The lowest BCUT2D eigenvalue weighted by molar-refractivity contribution is 0.102. The van der Waals surface area contributed by atoms with E-state index in [-0.39, 0.29) is 5.91 Å². The Morgan fingerprint density at radius 1 is 0.833 bits per heavy atom. The van der Waals surface area contributed by atoms with Crippen molar-refractivity contribution in [3.05, 3.63) is 96.8 Å². The fraction of sp³-hybridized carbons (Fsp3) is 0.0417. The van der Waals surface area contributed by atoms with E-state index in [1.165, 1.54) is 6.33 Å². The topological polar surface area (TPSA) is 76.1 Å². The van der Waals surface area contributed by atoms with Crippen molar-refractivity contribution in [2.45, 2.75) is 0 Å². The first-order valence-corrected chi connectivity index (χ1v) is 9.41. The number of anilines is 3. The van der Waals surface area contributed by atoms with Crippen molar-refractivity contribution in [1.82, 2.24) is 9.97 Å². The minimum Gasteiger partial charge on any atom is -0.497 e. The summed E-state index contributed by atoms with van der Waals surface area (Å²) in [6.07, 6.45) is 1.53. The molecule has 0 saturated heterocycles. The Labute approximate surface area is 174 Å². The number of methoxy groups -OCH3 is 1. The number of nitrogens with zero attached hydrogens (tertiary/aromatic N) is 2. The van der Waals surface area contributed by atoms with E-state index in [1.807, 2.05) is 66.7 Å². The van der Waals surface area contributed by atoms with Gasteiger partial charge in [0.25, 0.3) is 5.91 Å². The molecule has 6 heteroatoms. The van der Waals surface area contributed by atoms with E-state index in [0.717, 1.165) is 16.9 Å². The molecule has 30 heavy (non-hydrogen) atoms. The summed E-state index contributed by atoms with van der Waals surface area (Å²) in [5, 5.41) is 6.11. The molecule has 0 bridgehead atoms. The van der Waals surface area contributed by atoms with Crippen LogP contribution >= 0.6 is 0 Å². The Morgan fingerprint density at radius 2 is 1.63 bits per heavy atom. The number of benzene rings is 3. The average Bonchev–Trinajstić information content (AvgIpc) is 2.80. The van der Waals surface area contributed by atoms with Gasteiger partial charge >= 0.3 is 0 Å². The van der Waals surface area contributed by atoms with E-state index in [0.29, 0.717) is 22.8 Å². The highest BCUT2D eigenvalue weighted by molar-refractivity contribution is 6.04. The summed E-state index contributed by atoms with van der Waals surface area (Å²) in [6.45, 7) is 0. The Morgan fingerprint density at radius 3 is 2.40 bits per heavy atom. The largest absolute Gasteiger partial charge is 0.497 e. The number of carbonyl (C=O) groups is 1. The van der Waals surface area contributed by atoms with Gasteiger partial charge in [-0.25, -0.2) is 9.97 Å². The summed E-state index contributed by atoms with van der Waals surface area (Å²) in [5.41, 5.74) is 3.91. The highest BCUT2D eigenvalue weighted by Gasteiger charge is 2.08. The number of amides is 1. The number of carbonyl (C=O) groups excluding carboxylic acids is 1. The van der Waals surface area contributed by atoms with Gasteiger partial charge in [-0.1, -0.05) is 36.4 Å². The zero-order chi connectivity index (χ0) is 20.8. The number of hydrogen-bond donors (Lipinski definition) is 2. The maximum atomic E-state index is 12.5. The quantitative estimate of drug-likeness (QED) is 0.471. The number of rotatable bonds is 6. The zero-order valence-electron chi connectivity index (χ0n) is 16.4. The minimum absolute atomic E-state index is 0.191. The van der Waals surface area contributed by atoms with Gasteiger partial charge in [0.05, 0.1) is 12.8 Å². The Balaban J connectivity index is 1.44. The molecule has 4 aromatic rings. The molecule has 0 fully saturated rings. The van der Waals surface area contributed by atoms with Crippen LogP contribution in [0.25, 0.3) is 11.3 Å². The molecular weight excluding hydrogens is 376 g/mol. The van der Waals surface area contributed by atoms with Crippen LogP contribution in [0.3, 0.4) is 0 Å². The van der Waals surface area contributed by atoms with Crippen molar-refractivity contribution in [3.63, 3.8) is 0 Å². The van der Waals surface area contributed by atoms with Crippen molar-refractivity contribution in [2.75, 3.05) is 17.7 Å². The smallest absolute Gasteiger partial charge is 0.255 e. The van der Waals surface area contributed by atoms with Gasteiger partial charge < -0.3 is 15.4 Å². The molecule has 1 aromatic heterocycles. The Hall–Kier alpha value is -4.19. The van der Waals surface area contributed by atoms with Gasteiger partial charge in [-0.05, 0) is 36.4 Å². The van der Waals surface area contributed by atoms with E-state index < -0.39 is 0 Å². The summed E-state index contributed by atoms with van der Waals surface area (Å²) in [5.74, 6) is 1.17. The lowest BCUT2D eigenvalue weighted by Gasteiger charge is -2.09. The van der Waals surface area contributed by atoms with Gasteiger partial charge in [0.1, 0.15) is 17.9 Å². The number of aromatic nitrogens is 2. The fourth-order valence-electron chi connectivity index (χ4n) is 2.95. The van der Waals surface area contributed by atoms with E-state index in [4.69, 9.17) is 4.74 Å². The van der Waals surface area contributed by atoms with Crippen LogP contribution in [0.2, 0.25) is 0 Å². The van der Waals surface area contributed by atoms with Crippen LogP contribution in [0, 0.1) is 0 Å². The molecule has 3 aromatic carbocycles. The van der Waals surface area contributed by atoms with E-state index in [1.54, 1.807) is 25.3 Å².